The Morgan fingerprint density at radius 1 is 1.35 bits per heavy atom. The van der Waals surface area contributed by atoms with Crippen LogP contribution in [0.1, 0.15) is 12.0 Å². The van der Waals surface area contributed by atoms with Gasteiger partial charge in [-0.05, 0) is 11.1 Å². The second kappa shape index (κ2) is 9.06. The number of methoxy groups -OCH3 is 1. The Morgan fingerprint density at radius 3 is 2.52 bits per heavy atom. The van der Waals surface area contributed by atoms with Crippen LogP contribution >= 0.6 is 0 Å². The van der Waals surface area contributed by atoms with Crippen LogP contribution in [-0.4, -0.2) is 42.1 Å². The van der Waals surface area contributed by atoms with Gasteiger partial charge in [0.15, 0.2) is 0 Å². The van der Waals surface area contributed by atoms with E-state index in [2.05, 4.69) is 20.1 Å². The Labute approximate surface area is 131 Å². The minimum Gasteiger partial charge on any atom is -0.481 e. The highest BCUT2D eigenvalue weighted by Gasteiger charge is 2.27. The lowest BCUT2D eigenvalue weighted by Gasteiger charge is -2.18. The van der Waals surface area contributed by atoms with Gasteiger partial charge < -0.3 is 15.2 Å². The van der Waals surface area contributed by atoms with Crippen molar-refractivity contribution in [2.24, 2.45) is 5.11 Å². The van der Waals surface area contributed by atoms with Crippen molar-refractivity contribution in [3.05, 3.63) is 46.3 Å². The third-order valence-electron chi connectivity index (χ3n) is 2.95. The molecule has 0 fully saturated rings. The van der Waals surface area contributed by atoms with Crippen molar-refractivity contribution in [3.8, 4) is 0 Å². The molecule has 1 aromatic rings. The number of nitrogens with zero attached hydrogens (tertiary/aromatic N) is 3. The van der Waals surface area contributed by atoms with Crippen molar-refractivity contribution in [2.75, 3.05) is 7.11 Å². The van der Waals surface area contributed by atoms with Crippen LogP contribution in [0.3, 0.4) is 0 Å². The van der Waals surface area contributed by atoms with Crippen molar-refractivity contribution in [1.29, 1.82) is 0 Å². The van der Waals surface area contributed by atoms with Crippen LogP contribution in [-0.2, 0) is 25.5 Å². The number of azide groups is 1. The number of esters is 1. The second-order valence-corrected chi connectivity index (χ2v) is 4.59. The van der Waals surface area contributed by atoms with Crippen LogP contribution in [0, 0.1) is 0 Å². The van der Waals surface area contributed by atoms with Crippen LogP contribution in [0.5, 0.6) is 0 Å². The summed E-state index contributed by atoms with van der Waals surface area (Å²) in [5, 5.41) is 14.2. The molecule has 2 N–H and O–H groups in total. The van der Waals surface area contributed by atoms with E-state index in [0.29, 0.717) is 0 Å². The third kappa shape index (κ3) is 6.06. The Kier molecular flexibility index (Phi) is 7.09. The lowest BCUT2D eigenvalue weighted by molar-refractivity contribution is -0.145. The second-order valence-electron chi connectivity index (χ2n) is 4.59. The minimum absolute atomic E-state index is 0.162. The van der Waals surface area contributed by atoms with Gasteiger partial charge >= 0.3 is 11.9 Å². The van der Waals surface area contributed by atoms with Gasteiger partial charge in [-0.1, -0.05) is 35.4 Å². The molecule has 0 saturated carbocycles. The van der Waals surface area contributed by atoms with Crippen molar-refractivity contribution >= 4 is 17.8 Å². The molecule has 0 aromatic heterocycles. The zero-order valence-corrected chi connectivity index (χ0v) is 12.4. The molecule has 1 rings (SSSR count). The average Bonchev–Trinajstić information content (AvgIpc) is 2.53. The number of carboxylic acids is 1. The highest BCUT2D eigenvalue weighted by molar-refractivity contribution is 5.90. The van der Waals surface area contributed by atoms with Gasteiger partial charge in [-0.2, -0.15) is 0 Å². The monoisotopic (exact) mass is 320 g/mol. The minimum atomic E-state index is -1.44. The van der Waals surface area contributed by atoms with Crippen LogP contribution in [0.4, 0.5) is 0 Å². The smallest absolute Gasteiger partial charge is 0.328 e. The summed E-state index contributed by atoms with van der Waals surface area (Å²) < 4.78 is 4.63. The Bertz CT molecular complexity index is 613. The first-order chi connectivity index (χ1) is 11.0. The first-order valence-electron chi connectivity index (χ1n) is 6.66. The van der Waals surface area contributed by atoms with Gasteiger partial charge in [-0.25, -0.2) is 4.79 Å². The molecule has 23 heavy (non-hydrogen) atoms. The van der Waals surface area contributed by atoms with E-state index >= 15 is 0 Å². The number of ether oxygens (including phenoxy) is 1. The molecular formula is C14H16N4O5. The normalized spacial score (nSPS) is 12.4. The molecule has 9 nitrogen and oxygen atoms in total. The molecule has 0 bridgehead atoms. The lowest BCUT2D eigenvalue weighted by atomic mass is 10.1. The molecule has 1 amide bonds. The fourth-order valence-corrected chi connectivity index (χ4v) is 1.87. The number of benzene rings is 1. The maximum absolute atomic E-state index is 12.0. The van der Waals surface area contributed by atoms with Crippen molar-refractivity contribution < 1.29 is 24.2 Å². The molecular weight excluding hydrogens is 304 g/mol. The first-order valence-corrected chi connectivity index (χ1v) is 6.66. The predicted octanol–water partition coefficient (Wildman–Crippen LogP) is 1.04. The maximum Gasteiger partial charge on any atom is 0.328 e. The number of hydrogen-bond donors (Lipinski definition) is 2. The highest BCUT2D eigenvalue weighted by atomic mass is 16.5. The lowest BCUT2D eigenvalue weighted by Crippen LogP contribution is -2.47. The number of amides is 1. The number of hydrogen-bond acceptors (Lipinski definition) is 5. The molecule has 0 aliphatic heterocycles. The number of aliphatic carboxylic acids is 1. The summed E-state index contributed by atoms with van der Waals surface area (Å²) in [6, 6.07) is 6.44. The third-order valence-corrected chi connectivity index (χ3v) is 2.95. The first kappa shape index (κ1) is 18.0. The van der Waals surface area contributed by atoms with Gasteiger partial charge in [0.05, 0.1) is 13.5 Å². The van der Waals surface area contributed by atoms with Gasteiger partial charge in [-0.3, -0.25) is 9.59 Å². The van der Waals surface area contributed by atoms with Crippen molar-refractivity contribution in [3.63, 3.8) is 0 Å². The maximum atomic E-state index is 12.0. The quantitative estimate of drug-likeness (QED) is 0.318. The van der Waals surface area contributed by atoms with Crippen LogP contribution in [0.15, 0.2) is 35.4 Å². The molecule has 2 atom stereocenters. The molecule has 0 aliphatic rings. The molecule has 0 aliphatic carbocycles. The molecule has 0 radical (unpaired) electrons. The van der Waals surface area contributed by atoms with E-state index in [9.17, 15) is 14.4 Å². The molecule has 122 valence electrons. The van der Waals surface area contributed by atoms with Crippen LogP contribution < -0.4 is 5.32 Å². The zero-order chi connectivity index (χ0) is 17.2. The molecule has 1 unspecified atom stereocenters. The molecule has 1 aromatic carbocycles. The van der Waals surface area contributed by atoms with Gasteiger partial charge in [0, 0.05) is 11.3 Å². The van der Waals surface area contributed by atoms with Gasteiger partial charge in [-0.15, -0.1) is 0 Å². The summed E-state index contributed by atoms with van der Waals surface area (Å²) in [5.74, 6) is -2.83. The molecule has 0 saturated heterocycles. The molecule has 9 heteroatoms. The Morgan fingerprint density at radius 2 is 2.00 bits per heavy atom. The number of nitrogens with one attached hydrogen (secondary N) is 1. The zero-order valence-electron chi connectivity index (χ0n) is 12.4. The summed E-state index contributed by atoms with van der Waals surface area (Å²) in [5.41, 5.74) is 9.20. The summed E-state index contributed by atoms with van der Waals surface area (Å²) in [6.07, 6.45) is -0.509. The SMILES string of the molecule is COC(=O)[C@H](Cc1ccccc1)NC(=O)C(CC(=O)O)N=[N+]=[N-]. The van der Waals surface area contributed by atoms with E-state index in [-0.39, 0.29) is 6.42 Å². The van der Waals surface area contributed by atoms with Crippen LogP contribution in [0.2, 0.25) is 0 Å². The van der Waals surface area contributed by atoms with E-state index in [1.165, 1.54) is 7.11 Å². The van der Waals surface area contributed by atoms with Gasteiger partial charge in [0.25, 0.3) is 0 Å². The fraction of sp³-hybridized carbons (Fsp3) is 0.357. The number of carboxylic acid groups (broad SMARTS) is 1. The van der Waals surface area contributed by atoms with E-state index in [1.54, 1.807) is 30.3 Å². The summed E-state index contributed by atoms with van der Waals surface area (Å²) in [7, 11) is 1.18. The van der Waals surface area contributed by atoms with Crippen molar-refractivity contribution in [1.82, 2.24) is 5.32 Å². The summed E-state index contributed by atoms with van der Waals surface area (Å²) >= 11 is 0. The largest absolute Gasteiger partial charge is 0.481 e. The standard InChI is InChI=1S/C14H16N4O5/c1-23-14(22)11(7-9-5-3-2-4-6-9)16-13(21)10(17-18-15)8-12(19)20/h2-6,10-11H,7-8H2,1H3,(H,16,21)(H,19,20)/t10?,11-/m0/s1. The Hall–Kier alpha value is -3.06. The molecule has 0 spiro atoms. The van der Waals surface area contributed by atoms with Crippen molar-refractivity contribution in [2.45, 2.75) is 24.9 Å². The highest BCUT2D eigenvalue weighted by Crippen LogP contribution is 2.07. The topological polar surface area (TPSA) is 141 Å². The summed E-state index contributed by atoms with van der Waals surface area (Å²) in [6.45, 7) is 0. The van der Waals surface area contributed by atoms with Gasteiger partial charge in [0.2, 0.25) is 5.91 Å². The van der Waals surface area contributed by atoms with Crippen LogP contribution in [0.25, 0.3) is 10.4 Å². The fourth-order valence-electron chi connectivity index (χ4n) is 1.87. The number of rotatable bonds is 8. The van der Waals surface area contributed by atoms with E-state index in [0.717, 1.165) is 5.56 Å². The Balaban J connectivity index is 2.86. The number of carbonyl (C=O) groups is 3. The summed E-state index contributed by atoms with van der Waals surface area (Å²) in [4.78, 5) is 37.0. The van der Waals surface area contributed by atoms with E-state index in [4.69, 9.17) is 10.6 Å². The number of carbonyl (C=O) groups excluding carboxylic acids is 2. The van der Waals surface area contributed by atoms with Gasteiger partial charge in [0.1, 0.15) is 12.1 Å². The average molecular weight is 320 g/mol. The predicted molar refractivity (Wildman–Crippen MR) is 79.3 cm³/mol. The molecule has 0 heterocycles. The van der Waals surface area contributed by atoms with E-state index in [1.807, 2.05) is 0 Å². The van der Waals surface area contributed by atoms with E-state index < -0.39 is 36.4 Å².